The molecule has 3 aromatic carbocycles. The molecular formula is C31H33F2N7O. The quantitative estimate of drug-likeness (QED) is 0.163. The first-order valence-electron chi connectivity index (χ1n) is 13.9. The maximum atomic E-state index is 13.3. The number of amides is 1. The molecule has 5 rings (SSSR count). The van der Waals surface area contributed by atoms with E-state index in [0.717, 1.165) is 23.4 Å². The van der Waals surface area contributed by atoms with Gasteiger partial charge in [0.05, 0.1) is 6.42 Å². The number of carbonyl (C=O) groups excluding carboxylic acids is 1. The van der Waals surface area contributed by atoms with E-state index in [2.05, 4.69) is 36.2 Å². The second kappa shape index (κ2) is 13.6. The fourth-order valence-electron chi connectivity index (χ4n) is 4.76. The number of halogens is 2. The Morgan fingerprint density at radius 1 is 0.683 bits per heavy atom. The summed E-state index contributed by atoms with van der Waals surface area (Å²) in [6, 6.07) is 19.3. The molecule has 212 valence electrons. The van der Waals surface area contributed by atoms with Gasteiger partial charge in [0.15, 0.2) is 0 Å². The van der Waals surface area contributed by atoms with Crippen molar-refractivity contribution in [2.45, 2.75) is 45.1 Å². The van der Waals surface area contributed by atoms with Crippen LogP contribution in [0.15, 0.2) is 72.8 Å². The first-order valence-corrected chi connectivity index (χ1v) is 13.9. The lowest BCUT2D eigenvalue weighted by molar-refractivity contribution is -0.115. The number of carbonyl (C=O) groups is 1. The summed E-state index contributed by atoms with van der Waals surface area (Å²) >= 11 is 0. The van der Waals surface area contributed by atoms with Crippen molar-refractivity contribution in [2.24, 2.45) is 5.92 Å². The number of anilines is 5. The summed E-state index contributed by atoms with van der Waals surface area (Å²) in [6.45, 7) is 1.23. The Hall–Kier alpha value is -4.60. The van der Waals surface area contributed by atoms with Gasteiger partial charge in [-0.25, -0.2) is 8.78 Å². The van der Waals surface area contributed by atoms with Gasteiger partial charge in [-0.3, -0.25) is 4.79 Å². The lowest BCUT2D eigenvalue weighted by Gasteiger charge is -2.21. The maximum Gasteiger partial charge on any atom is 0.233 e. The highest BCUT2D eigenvalue weighted by molar-refractivity contribution is 5.92. The van der Waals surface area contributed by atoms with Gasteiger partial charge in [-0.2, -0.15) is 15.0 Å². The van der Waals surface area contributed by atoms with Crippen LogP contribution in [0.2, 0.25) is 0 Å². The summed E-state index contributed by atoms with van der Waals surface area (Å²) in [6.07, 6.45) is 6.39. The van der Waals surface area contributed by atoms with E-state index < -0.39 is 0 Å². The van der Waals surface area contributed by atoms with Crippen LogP contribution < -0.4 is 21.3 Å². The van der Waals surface area contributed by atoms with Crippen LogP contribution in [0.5, 0.6) is 0 Å². The van der Waals surface area contributed by atoms with Gasteiger partial charge in [0.2, 0.25) is 23.8 Å². The molecule has 4 N–H and O–H groups in total. The first kappa shape index (κ1) is 27.9. The molecule has 0 saturated heterocycles. The molecule has 0 aliphatic heterocycles. The van der Waals surface area contributed by atoms with Crippen LogP contribution in [0.4, 0.5) is 38.0 Å². The maximum absolute atomic E-state index is 13.3. The average Bonchev–Trinajstić information content (AvgIpc) is 2.98. The molecule has 4 aromatic rings. The standard InChI is InChI=1S/C31H33F2N7O/c32-24-10-6-23(7-11-24)20-35-30-38-29(34-19-22-4-2-1-3-5-22)39-31(40-30)37-27-14-8-21(9-15-27)18-28(41)36-26-16-12-25(33)13-17-26/h6-17,22H,1-5,18-20H2,(H,36,41)(H3,34,35,37,38,39,40). The van der Waals surface area contributed by atoms with Gasteiger partial charge in [-0.1, -0.05) is 43.5 Å². The van der Waals surface area contributed by atoms with E-state index in [4.69, 9.17) is 0 Å². The van der Waals surface area contributed by atoms with E-state index in [9.17, 15) is 13.6 Å². The monoisotopic (exact) mass is 557 g/mol. The highest BCUT2D eigenvalue weighted by atomic mass is 19.1. The molecule has 0 bridgehead atoms. The minimum atomic E-state index is -0.354. The summed E-state index contributed by atoms with van der Waals surface area (Å²) in [5, 5.41) is 12.6. The second-order valence-electron chi connectivity index (χ2n) is 10.2. The topological polar surface area (TPSA) is 104 Å². The van der Waals surface area contributed by atoms with Crippen LogP contribution in [0.3, 0.4) is 0 Å². The van der Waals surface area contributed by atoms with Gasteiger partial charge in [0.1, 0.15) is 11.6 Å². The lowest BCUT2D eigenvalue weighted by Crippen LogP contribution is -2.19. The fourth-order valence-corrected chi connectivity index (χ4v) is 4.76. The Morgan fingerprint density at radius 3 is 1.93 bits per heavy atom. The third-order valence-corrected chi connectivity index (χ3v) is 6.98. The van der Waals surface area contributed by atoms with E-state index >= 15 is 0 Å². The molecule has 1 saturated carbocycles. The Kier molecular flexibility index (Phi) is 9.30. The molecule has 1 aliphatic rings. The lowest BCUT2D eigenvalue weighted by atomic mass is 9.89. The number of rotatable bonds is 11. The van der Waals surface area contributed by atoms with Crippen molar-refractivity contribution < 1.29 is 13.6 Å². The van der Waals surface area contributed by atoms with Crippen molar-refractivity contribution in [3.63, 3.8) is 0 Å². The third kappa shape index (κ3) is 8.69. The van der Waals surface area contributed by atoms with Crippen molar-refractivity contribution in [3.8, 4) is 0 Å². The normalized spacial score (nSPS) is 13.4. The highest BCUT2D eigenvalue weighted by Crippen LogP contribution is 2.24. The van der Waals surface area contributed by atoms with Crippen molar-refractivity contribution in [1.29, 1.82) is 0 Å². The van der Waals surface area contributed by atoms with E-state index in [-0.39, 0.29) is 24.0 Å². The summed E-state index contributed by atoms with van der Waals surface area (Å²) < 4.78 is 26.4. The van der Waals surface area contributed by atoms with Gasteiger partial charge in [0, 0.05) is 24.5 Å². The molecule has 10 heteroatoms. The van der Waals surface area contributed by atoms with Gasteiger partial charge < -0.3 is 21.3 Å². The number of hydrogen-bond donors (Lipinski definition) is 4. The van der Waals surface area contributed by atoms with Crippen LogP contribution in [0.25, 0.3) is 0 Å². The largest absolute Gasteiger partial charge is 0.354 e. The smallest absolute Gasteiger partial charge is 0.233 e. The Morgan fingerprint density at radius 2 is 1.24 bits per heavy atom. The third-order valence-electron chi connectivity index (χ3n) is 6.98. The molecule has 8 nitrogen and oxygen atoms in total. The molecule has 0 radical (unpaired) electrons. The van der Waals surface area contributed by atoms with Crippen LogP contribution in [0.1, 0.15) is 43.2 Å². The predicted molar refractivity (Wildman–Crippen MR) is 157 cm³/mol. The van der Waals surface area contributed by atoms with Crippen LogP contribution in [-0.2, 0) is 17.8 Å². The zero-order valence-electron chi connectivity index (χ0n) is 22.7. The molecule has 1 fully saturated rings. The van der Waals surface area contributed by atoms with E-state index in [1.807, 2.05) is 24.3 Å². The minimum Gasteiger partial charge on any atom is -0.354 e. The molecule has 1 heterocycles. The first-order chi connectivity index (χ1) is 20.0. The zero-order chi connectivity index (χ0) is 28.4. The predicted octanol–water partition coefficient (Wildman–Crippen LogP) is 6.68. The van der Waals surface area contributed by atoms with E-state index in [0.29, 0.717) is 36.0 Å². The SMILES string of the molecule is O=C(Cc1ccc(Nc2nc(NCc3ccc(F)cc3)nc(NCC3CCCCC3)n2)cc1)Nc1ccc(F)cc1. The molecule has 1 amide bonds. The van der Waals surface area contributed by atoms with Crippen LogP contribution in [0, 0.1) is 17.6 Å². The summed E-state index contributed by atoms with van der Waals surface area (Å²) in [4.78, 5) is 26.1. The van der Waals surface area contributed by atoms with E-state index in [1.165, 1.54) is 68.5 Å². The van der Waals surface area contributed by atoms with Crippen molar-refractivity contribution in [1.82, 2.24) is 15.0 Å². The van der Waals surface area contributed by atoms with Gasteiger partial charge in [-0.05, 0) is 78.4 Å². The van der Waals surface area contributed by atoms with E-state index in [1.54, 1.807) is 12.1 Å². The molecule has 1 aliphatic carbocycles. The van der Waals surface area contributed by atoms with Crippen molar-refractivity contribution in [3.05, 3.63) is 95.6 Å². The molecule has 0 spiro atoms. The van der Waals surface area contributed by atoms with Gasteiger partial charge in [0.25, 0.3) is 0 Å². The highest BCUT2D eigenvalue weighted by Gasteiger charge is 2.15. The Labute approximate surface area is 238 Å². The molecular weight excluding hydrogens is 524 g/mol. The molecule has 41 heavy (non-hydrogen) atoms. The van der Waals surface area contributed by atoms with Gasteiger partial charge >= 0.3 is 0 Å². The summed E-state index contributed by atoms with van der Waals surface area (Å²) in [7, 11) is 0. The molecule has 0 atom stereocenters. The Balaban J connectivity index is 1.23. The average molecular weight is 558 g/mol. The fraction of sp³-hybridized carbons (Fsp3) is 0.290. The summed E-state index contributed by atoms with van der Waals surface area (Å²) in [5.74, 6) is 1.01. The number of benzene rings is 3. The molecule has 0 unspecified atom stereocenters. The van der Waals surface area contributed by atoms with Crippen molar-refractivity contribution in [2.75, 3.05) is 27.8 Å². The van der Waals surface area contributed by atoms with Gasteiger partial charge in [-0.15, -0.1) is 0 Å². The minimum absolute atomic E-state index is 0.177. The zero-order valence-corrected chi connectivity index (χ0v) is 22.7. The summed E-state index contributed by atoms with van der Waals surface area (Å²) in [5.41, 5.74) is 3.02. The number of aromatic nitrogens is 3. The van der Waals surface area contributed by atoms with Crippen LogP contribution >= 0.6 is 0 Å². The number of hydrogen-bond acceptors (Lipinski definition) is 7. The molecule has 1 aromatic heterocycles. The van der Waals surface area contributed by atoms with Crippen LogP contribution in [-0.4, -0.2) is 27.4 Å². The van der Waals surface area contributed by atoms with Crippen molar-refractivity contribution >= 4 is 35.1 Å². The second-order valence-corrected chi connectivity index (χ2v) is 10.2. The number of nitrogens with zero attached hydrogens (tertiary/aromatic N) is 3. The number of nitrogens with one attached hydrogen (secondary N) is 4. The Bertz CT molecular complexity index is 1420.